The molecule has 160 valence electrons. The maximum absolute atomic E-state index is 11.8. The number of imidazole rings is 1. The van der Waals surface area contributed by atoms with Crippen molar-refractivity contribution in [3.05, 3.63) is 12.7 Å². The number of aliphatic hydroxyl groups excluding tert-OH is 2. The standard InChI is InChI=1S/C13H19N5O9P2/c14-11-7-12(16-4-15-11)18(5-17-7)8-6-1-2-13(6,10(20)9(8)19)3-26-29(24,25)27-28(21,22)23/h4-6,8-10,19-20H,1-3H2,(H,24,25)(H2,14,15,16)(H2,21,22,23)/t6-,8-,9+,10+,13+/m1/s1. The van der Waals surface area contributed by atoms with Crippen molar-refractivity contribution in [1.82, 2.24) is 19.5 Å². The second-order valence-electron chi connectivity index (χ2n) is 7.20. The average molecular weight is 451 g/mol. The lowest BCUT2D eigenvalue weighted by molar-refractivity contribution is -0.0967. The zero-order valence-electron chi connectivity index (χ0n) is 14.7. The third-order valence-electron chi connectivity index (χ3n) is 5.75. The van der Waals surface area contributed by atoms with Crippen molar-refractivity contribution in [2.75, 3.05) is 12.3 Å². The van der Waals surface area contributed by atoms with Gasteiger partial charge in [-0.3, -0.25) is 4.52 Å². The Balaban J connectivity index is 1.62. The van der Waals surface area contributed by atoms with Crippen LogP contribution in [0.25, 0.3) is 11.2 Å². The fourth-order valence-corrected chi connectivity index (χ4v) is 6.06. The first-order chi connectivity index (χ1) is 13.5. The lowest BCUT2D eigenvalue weighted by Crippen LogP contribution is -2.49. The highest BCUT2D eigenvalue weighted by molar-refractivity contribution is 7.60. The van der Waals surface area contributed by atoms with Crippen LogP contribution in [0.1, 0.15) is 18.9 Å². The Bertz CT molecular complexity index is 1040. The summed E-state index contributed by atoms with van der Waals surface area (Å²) in [6.07, 6.45) is 0.952. The summed E-state index contributed by atoms with van der Waals surface area (Å²) in [5, 5.41) is 21.4. The van der Waals surface area contributed by atoms with E-state index in [0.29, 0.717) is 24.0 Å². The first kappa shape index (κ1) is 20.8. The van der Waals surface area contributed by atoms with Crippen LogP contribution in [0.2, 0.25) is 0 Å². The highest BCUT2D eigenvalue weighted by atomic mass is 31.3. The summed E-state index contributed by atoms with van der Waals surface area (Å²) < 4.78 is 32.7. The number of aliphatic hydroxyl groups is 2. The van der Waals surface area contributed by atoms with Gasteiger partial charge in [0.2, 0.25) is 0 Å². The number of hydrogen-bond donors (Lipinski definition) is 6. The van der Waals surface area contributed by atoms with Gasteiger partial charge in [0.15, 0.2) is 11.5 Å². The molecule has 6 atom stereocenters. The molecule has 0 spiro atoms. The van der Waals surface area contributed by atoms with Crippen molar-refractivity contribution in [2.24, 2.45) is 11.3 Å². The second-order valence-corrected chi connectivity index (χ2v) is 10.0. The Labute approximate surface area is 163 Å². The minimum absolute atomic E-state index is 0.154. The normalized spacial score (nSPS) is 34.0. The minimum atomic E-state index is -5.27. The highest BCUT2D eigenvalue weighted by Crippen LogP contribution is 2.65. The molecule has 2 aromatic heterocycles. The molecule has 0 saturated heterocycles. The number of nitrogens with zero attached hydrogens (tertiary/aromatic N) is 4. The van der Waals surface area contributed by atoms with E-state index >= 15 is 0 Å². The van der Waals surface area contributed by atoms with Crippen molar-refractivity contribution in [3.8, 4) is 0 Å². The summed E-state index contributed by atoms with van der Waals surface area (Å²) in [5.41, 5.74) is 5.35. The monoisotopic (exact) mass is 451 g/mol. The van der Waals surface area contributed by atoms with Crippen LogP contribution >= 0.6 is 15.6 Å². The van der Waals surface area contributed by atoms with Crippen LogP contribution < -0.4 is 5.73 Å². The smallest absolute Gasteiger partial charge is 0.390 e. The molecule has 1 unspecified atom stereocenters. The van der Waals surface area contributed by atoms with Gasteiger partial charge >= 0.3 is 15.6 Å². The van der Waals surface area contributed by atoms with E-state index in [1.54, 1.807) is 4.57 Å². The molecule has 0 radical (unpaired) electrons. The van der Waals surface area contributed by atoms with E-state index in [2.05, 4.69) is 19.3 Å². The van der Waals surface area contributed by atoms with Crippen molar-refractivity contribution in [2.45, 2.75) is 31.1 Å². The van der Waals surface area contributed by atoms with Crippen LogP contribution in [-0.2, 0) is 18.0 Å². The van der Waals surface area contributed by atoms with E-state index < -0.39 is 51.8 Å². The molecule has 4 rings (SSSR count). The Morgan fingerprint density at radius 2 is 1.97 bits per heavy atom. The van der Waals surface area contributed by atoms with Crippen LogP contribution in [0.3, 0.4) is 0 Å². The lowest BCUT2D eigenvalue weighted by atomic mass is 9.60. The van der Waals surface area contributed by atoms with E-state index in [0.717, 1.165) is 0 Å². The van der Waals surface area contributed by atoms with Gasteiger partial charge in [0.25, 0.3) is 0 Å². The summed E-state index contributed by atoms with van der Waals surface area (Å²) in [6.45, 7) is -0.552. The van der Waals surface area contributed by atoms with Gasteiger partial charge in [-0.1, -0.05) is 0 Å². The molecular weight excluding hydrogens is 432 g/mol. The summed E-state index contributed by atoms with van der Waals surface area (Å²) in [7, 11) is -10.4. The number of phosphoric ester groups is 1. The maximum Gasteiger partial charge on any atom is 0.481 e. The van der Waals surface area contributed by atoms with Crippen molar-refractivity contribution in [3.63, 3.8) is 0 Å². The molecule has 0 amide bonds. The zero-order chi connectivity index (χ0) is 21.2. The Morgan fingerprint density at radius 1 is 1.24 bits per heavy atom. The number of nitrogen functional groups attached to an aromatic ring is 1. The third kappa shape index (κ3) is 3.40. The fraction of sp³-hybridized carbons (Fsp3) is 0.615. The van der Waals surface area contributed by atoms with Gasteiger partial charge < -0.3 is 35.2 Å². The fourth-order valence-electron chi connectivity index (χ4n) is 4.40. The predicted octanol–water partition coefficient (Wildman–Crippen LogP) is -0.692. The van der Waals surface area contributed by atoms with Crippen molar-refractivity contribution in [1.29, 1.82) is 0 Å². The summed E-state index contributed by atoms with van der Waals surface area (Å²) in [5.74, 6) is -0.239. The third-order valence-corrected chi connectivity index (χ3v) is 7.88. The molecule has 2 heterocycles. The van der Waals surface area contributed by atoms with E-state index in [1.165, 1.54) is 12.7 Å². The first-order valence-corrected chi connectivity index (χ1v) is 11.5. The SMILES string of the molecule is Nc1ncnc2c1ncn2[C@H]1[C@H](O)[C@H](O)[C@]2(COP(=O)(O)OP(=O)(O)O)CC[C@H]12. The predicted molar refractivity (Wildman–Crippen MR) is 94.8 cm³/mol. The minimum Gasteiger partial charge on any atom is -0.390 e. The van der Waals surface area contributed by atoms with Gasteiger partial charge in [-0.2, -0.15) is 4.31 Å². The van der Waals surface area contributed by atoms with Gasteiger partial charge in [-0.05, 0) is 18.8 Å². The van der Waals surface area contributed by atoms with Gasteiger partial charge in [0.1, 0.15) is 17.9 Å². The van der Waals surface area contributed by atoms with Crippen LogP contribution in [0, 0.1) is 11.3 Å². The molecule has 0 aromatic carbocycles. The molecular formula is C13H19N5O9P2. The van der Waals surface area contributed by atoms with Crippen LogP contribution in [0.4, 0.5) is 5.82 Å². The Kier molecular flexibility index (Phi) is 4.85. The lowest BCUT2D eigenvalue weighted by Gasteiger charge is -2.47. The molecule has 0 aliphatic heterocycles. The topological polar surface area (TPSA) is 223 Å². The molecule has 29 heavy (non-hydrogen) atoms. The Hall–Kier alpha value is -1.47. The molecule has 14 nitrogen and oxygen atoms in total. The molecule has 7 N–H and O–H groups in total. The van der Waals surface area contributed by atoms with E-state index in [-0.39, 0.29) is 5.82 Å². The highest BCUT2D eigenvalue weighted by Gasteiger charge is 2.66. The van der Waals surface area contributed by atoms with Crippen LogP contribution in [0.5, 0.6) is 0 Å². The van der Waals surface area contributed by atoms with Crippen molar-refractivity contribution < 1.29 is 42.9 Å². The van der Waals surface area contributed by atoms with Crippen LogP contribution in [0.15, 0.2) is 12.7 Å². The molecule has 0 bridgehead atoms. The molecule has 2 aromatic rings. The quantitative estimate of drug-likeness (QED) is 0.299. The Morgan fingerprint density at radius 3 is 2.59 bits per heavy atom. The van der Waals surface area contributed by atoms with E-state index in [9.17, 15) is 24.2 Å². The molecule has 2 aliphatic carbocycles. The number of nitrogens with two attached hydrogens (primary N) is 1. The zero-order valence-corrected chi connectivity index (χ0v) is 16.5. The number of anilines is 1. The van der Waals surface area contributed by atoms with Crippen LogP contribution in [-0.4, -0.2) is 63.2 Å². The second kappa shape index (κ2) is 6.77. The molecule has 2 saturated carbocycles. The molecule has 2 aliphatic rings. The first-order valence-electron chi connectivity index (χ1n) is 8.48. The van der Waals surface area contributed by atoms with Gasteiger partial charge in [0.05, 0.1) is 25.1 Å². The summed E-state index contributed by atoms with van der Waals surface area (Å²) in [4.78, 5) is 39.1. The van der Waals surface area contributed by atoms with E-state index in [1.807, 2.05) is 0 Å². The molecule has 16 heteroatoms. The van der Waals surface area contributed by atoms with Crippen molar-refractivity contribution >= 4 is 32.6 Å². The number of rotatable bonds is 6. The number of hydrogen-bond acceptors (Lipinski definition) is 10. The summed E-state index contributed by atoms with van der Waals surface area (Å²) in [6, 6.07) is -0.678. The van der Waals surface area contributed by atoms with Gasteiger partial charge in [-0.25, -0.2) is 24.1 Å². The molecule has 2 fully saturated rings. The number of aromatic nitrogens is 4. The van der Waals surface area contributed by atoms with E-state index in [4.69, 9.17) is 20.0 Å². The number of phosphoric acid groups is 2. The maximum atomic E-state index is 11.8. The summed E-state index contributed by atoms with van der Waals surface area (Å²) >= 11 is 0. The number of fused-ring (bicyclic) bond motifs is 2. The largest absolute Gasteiger partial charge is 0.481 e. The van der Waals surface area contributed by atoms with Gasteiger partial charge in [0, 0.05) is 5.41 Å². The van der Waals surface area contributed by atoms with Gasteiger partial charge in [-0.15, -0.1) is 0 Å². The average Bonchev–Trinajstić information content (AvgIpc) is 3.05.